The van der Waals surface area contributed by atoms with Gasteiger partial charge in [0.2, 0.25) is 5.91 Å². The number of benzene rings is 1. The van der Waals surface area contributed by atoms with Gasteiger partial charge in [0.15, 0.2) is 0 Å². The number of ether oxygens (including phenoxy) is 1. The molecule has 0 spiro atoms. The summed E-state index contributed by atoms with van der Waals surface area (Å²) < 4.78 is 5.31. The number of primary amides is 1. The zero-order valence-electron chi connectivity index (χ0n) is 9.01. The molecule has 0 fully saturated rings. The van der Waals surface area contributed by atoms with Crippen LogP contribution in [0, 0.1) is 0 Å². The molecule has 0 radical (unpaired) electrons. The normalized spacial score (nSPS) is 11.2. The van der Waals surface area contributed by atoms with Gasteiger partial charge in [-0.3, -0.25) is 4.79 Å². The van der Waals surface area contributed by atoms with Gasteiger partial charge in [-0.05, 0) is 19.1 Å². The average Bonchev–Trinajstić information content (AvgIpc) is 2.28. The van der Waals surface area contributed by atoms with E-state index in [-0.39, 0.29) is 13.0 Å². The Balaban J connectivity index is 2.64. The van der Waals surface area contributed by atoms with E-state index in [0.29, 0.717) is 11.5 Å². The summed E-state index contributed by atoms with van der Waals surface area (Å²) in [5.74, 6) is 0.214. The van der Waals surface area contributed by atoms with Crippen LogP contribution in [0.5, 0.6) is 5.75 Å². The van der Waals surface area contributed by atoms with Crippen LogP contribution in [0.2, 0.25) is 0 Å². The number of carbonyl (C=O) groups excluding carboxylic acids is 1. The number of rotatable bonds is 5. The van der Waals surface area contributed by atoms with Crippen molar-refractivity contribution in [2.24, 2.45) is 10.9 Å². The Morgan fingerprint density at radius 3 is 2.94 bits per heavy atom. The van der Waals surface area contributed by atoms with Gasteiger partial charge in [0.25, 0.3) is 0 Å². The van der Waals surface area contributed by atoms with E-state index in [1.165, 1.54) is 0 Å². The highest BCUT2D eigenvalue weighted by Gasteiger charge is 2.01. The quantitative estimate of drug-likeness (QED) is 0.445. The van der Waals surface area contributed by atoms with Crippen molar-refractivity contribution < 1.29 is 14.7 Å². The van der Waals surface area contributed by atoms with Crippen molar-refractivity contribution >= 4 is 11.6 Å². The van der Waals surface area contributed by atoms with Gasteiger partial charge in [0.05, 0.1) is 18.7 Å². The fourth-order valence-corrected chi connectivity index (χ4v) is 1.14. The van der Waals surface area contributed by atoms with E-state index in [2.05, 4.69) is 5.16 Å². The third kappa shape index (κ3) is 3.61. The highest BCUT2D eigenvalue weighted by molar-refractivity contribution is 5.98. The number of oxime groups is 1. The molecule has 1 rings (SSSR count). The van der Waals surface area contributed by atoms with Gasteiger partial charge < -0.3 is 15.7 Å². The Kier molecular flexibility index (Phi) is 4.32. The second kappa shape index (κ2) is 5.75. The van der Waals surface area contributed by atoms with Gasteiger partial charge in [-0.2, -0.15) is 0 Å². The van der Waals surface area contributed by atoms with Crippen molar-refractivity contribution in [3.05, 3.63) is 29.8 Å². The number of carbonyl (C=O) groups is 1. The molecular weight excluding hydrogens is 208 g/mol. The monoisotopic (exact) mass is 222 g/mol. The van der Waals surface area contributed by atoms with Crippen LogP contribution in [0.3, 0.4) is 0 Å². The predicted molar refractivity (Wildman–Crippen MR) is 59.7 cm³/mol. The smallest absolute Gasteiger partial charge is 0.220 e. The van der Waals surface area contributed by atoms with Crippen LogP contribution in [-0.4, -0.2) is 23.4 Å². The van der Waals surface area contributed by atoms with Gasteiger partial charge >= 0.3 is 0 Å². The van der Waals surface area contributed by atoms with Crippen molar-refractivity contribution in [2.75, 3.05) is 6.61 Å². The zero-order valence-corrected chi connectivity index (χ0v) is 9.01. The second-order valence-electron chi connectivity index (χ2n) is 3.28. The van der Waals surface area contributed by atoms with Gasteiger partial charge in [0.1, 0.15) is 5.75 Å². The summed E-state index contributed by atoms with van der Waals surface area (Å²) in [7, 11) is 0. The minimum absolute atomic E-state index is 0.178. The van der Waals surface area contributed by atoms with Gasteiger partial charge in [0, 0.05) is 5.56 Å². The SMILES string of the molecule is C/C(=N\O)c1cccc(OCCC(N)=O)c1. The van der Waals surface area contributed by atoms with E-state index in [1.54, 1.807) is 31.2 Å². The van der Waals surface area contributed by atoms with Crippen molar-refractivity contribution in [1.82, 2.24) is 0 Å². The van der Waals surface area contributed by atoms with E-state index >= 15 is 0 Å². The molecule has 0 aromatic heterocycles. The molecule has 0 atom stereocenters. The summed E-state index contributed by atoms with van der Waals surface area (Å²) in [5.41, 5.74) is 6.25. The minimum Gasteiger partial charge on any atom is -0.493 e. The van der Waals surface area contributed by atoms with Crippen LogP contribution < -0.4 is 10.5 Å². The summed E-state index contributed by atoms with van der Waals surface area (Å²) in [6.07, 6.45) is 0.178. The fraction of sp³-hybridized carbons (Fsp3) is 0.273. The molecule has 0 aliphatic heterocycles. The van der Waals surface area contributed by atoms with E-state index < -0.39 is 5.91 Å². The first kappa shape index (κ1) is 12.0. The maximum atomic E-state index is 10.5. The van der Waals surface area contributed by atoms with Crippen LogP contribution in [0.4, 0.5) is 0 Å². The maximum absolute atomic E-state index is 10.5. The largest absolute Gasteiger partial charge is 0.493 e. The minimum atomic E-state index is -0.399. The maximum Gasteiger partial charge on any atom is 0.220 e. The molecule has 86 valence electrons. The molecule has 5 nitrogen and oxygen atoms in total. The lowest BCUT2D eigenvalue weighted by molar-refractivity contribution is -0.118. The number of nitrogens with zero attached hydrogens (tertiary/aromatic N) is 1. The summed E-state index contributed by atoms with van der Waals surface area (Å²) in [5, 5.41) is 11.7. The average molecular weight is 222 g/mol. The van der Waals surface area contributed by atoms with Crippen molar-refractivity contribution in [1.29, 1.82) is 0 Å². The molecule has 0 aliphatic carbocycles. The molecule has 0 bridgehead atoms. The molecular formula is C11H14N2O3. The molecule has 3 N–H and O–H groups in total. The second-order valence-corrected chi connectivity index (χ2v) is 3.28. The Bertz CT molecular complexity index is 402. The topological polar surface area (TPSA) is 84.9 Å². The Hall–Kier alpha value is -2.04. The molecule has 0 heterocycles. The van der Waals surface area contributed by atoms with Crippen molar-refractivity contribution in [2.45, 2.75) is 13.3 Å². The number of amides is 1. The zero-order chi connectivity index (χ0) is 12.0. The Labute approximate surface area is 93.5 Å². The molecule has 0 aliphatic rings. The molecule has 1 aromatic rings. The van der Waals surface area contributed by atoms with E-state index in [9.17, 15) is 4.79 Å². The fourth-order valence-electron chi connectivity index (χ4n) is 1.14. The summed E-state index contributed by atoms with van der Waals surface area (Å²) in [4.78, 5) is 10.5. The molecule has 0 saturated carbocycles. The lowest BCUT2D eigenvalue weighted by Crippen LogP contribution is -2.14. The highest BCUT2D eigenvalue weighted by Crippen LogP contribution is 2.14. The van der Waals surface area contributed by atoms with Crippen LogP contribution in [0.1, 0.15) is 18.9 Å². The molecule has 5 heteroatoms. The van der Waals surface area contributed by atoms with Crippen LogP contribution >= 0.6 is 0 Å². The summed E-state index contributed by atoms with van der Waals surface area (Å²) >= 11 is 0. The molecule has 1 aromatic carbocycles. The lowest BCUT2D eigenvalue weighted by Gasteiger charge is -2.06. The van der Waals surface area contributed by atoms with Gasteiger partial charge in [-0.15, -0.1) is 0 Å². The number of nitrogens with two attached hydrogens (primary N) is 1. The Morgan fingerprint density at radius 2 is 2.31 bits per heavy atom. The first-order valence-corrected chi connectivity index (χ1v) is 4.83. The van der Waals surface area contributed by atoms with Gasteiger partial charge in [-0.25, -0.2) is 0 Å². The summed E-state index contributed by atoms with van der Waals surface area (Å²) in [6.45, 7) is 1.93. The molecule has 1 amide bonds. The number of hydrogen-bond acceptors (Lipinski definition) is 4. The van der Waals surface area contributed by atoms with E-state index in [1.807, 2.05) is 0 Å². The van der Waals surface area contributed by atoms with Gasteiger partial charge in [-0.1, -0.05) is 17.3 Å². The first-order chi connectivity index (χ1) is 7.63. The van der Waals surface area contributed by atoms with E-state index in [4.69, 9.17) is 15.7 Å². The van der Waals surface area contributed by atoms with Crippen LogP contribution in [0.25, 0.3) is 0 Å². The highest BCUT2D eigenvalue weighted by atomic mass is 16.5. The number of hydrogen-bond donors (Lipinski definition) is 2. The van der Waals surface area contributed by atoms with Crippen LogP contribution in [0.15, 0.2) is 29.4 Å². The standard InChI is InChI=1S/C11H14N2O3/c1-8(13-15)9-3-2-4-10(7-9)16-6-5-11(12)14/h2-4,7,15H,5-6H2,1H3,(H2,12,14)/b13-8+. The van der Waals surface area contributed by atoms with Crippen molar-refractivity contribution in [3.63, 3.8) is 0 Å². The third-order valence-electron chi connectivity index (χ3n) is 2.02. The van der Waals surface area contributed by atoms with Crippen LogP contribution in [-0.2, 0) is 4.79 Å². The van der Waals surface area contributed by atoms with Crippen molar-refractivity contribution in [3.8, 4) is 5.75 Å². The first-order valence-electron chi connectivity index (χ1n) is 4.83. The predicted octanol–water partition coefficient (Wildman–Crippen LogP) is 1.14. The molecule has 0 unspecified atom stereocenters. The lowest BCUT2D eigenvalue weighted by atomic mass is 10.1. The summed E-state index contributed by atoms with van der Waals surface area (Å²) in [6, 6.07) is 7.07. The van der Waals surface area contributed by atoms with E-state index in [0.717, 1.165) is 5.56 Å². The molecule has 16 heavy (non-hydrogen) atoms. The third-order valence-corrected chi connectivity index (χ3v) is 2.02. The Morgan fingerprint density at radius 1 is 1.56 bits per heavy atom. The molecule has 0 saturated heterocycles.